The molecule has 3 aromatic rings. The van der Waals surface area contributed by atoms with Crippen LogP contribution in [0.1, 0.15) is 54.0 Å². The predicted molar refractivity (Wildman–Crippen MR) is 122 cm³/mol. The van der Waals surface area contributed by atoms with E-state index in [-0.39, 0.29) is 18.7 Å². The summed E-state index contributed by atoms with van der Waals surface area (Å²) in [4.78, 5) is 14.6. The van der Waals surface area contributed by atoms with Gasteiger partial charge in [-0.25, -0.2) is 4.98 Å². The van der Waals surface area contributed by atoms with Crippen LogP contribution in [0.25, 0.3) is 5.65 Å². The Kier molecular flexibility index (Phi) is 5.65. The monoisotopic (exact) mass is 420 g/mol. The van der Waals surface area contributed by atoms with Crippen molar-refractivity contribution in [3.8, 4) is 0 Å². The third-order valence-corrected chi connectivity index (χ3v) is 6.96. The Morgan fingerprint density at radius 1 is 1.06 bits per heavy atom. The maximum Gasteiger partial charge on any atom is 0.138 e. The summed E-state index contributed by atoms with van der Waals surface area (Å²) in [7, 11) is 2.19. The average Bonchev–Trinajstić information content (AvgIpc) is 3.19. The molecule has 2 aliphatic heterocycles. The summed E-state index contributed by atoms with van der Waals surface area (Å²) in [5.41, 5.74) is 5.23. The lowest BCUT2D eigenvalue weighted by Crippen LogP contribution is -2.44. The van der Waals surface area contributed by atoms with Crippen LogP contribution in [0.15, 0.2) is 36.5 Å². The van der Waals surface area contributed by atoms with E-state index in [1.54, 1.807) is 0 Å². The number of imidazole rings is 1. The minimum Gasteiger partial charge on any atom is -0.390 e. The average molecular weight is 421 g/mol. The minimum absolute atomic E-state index is 0.0166. The van der Waals surface area contributed by atoms with Gasteiger partial charge in [-0.05, 0) is 57.0 Å². The Morgan fingerprint density at radius 3 is 2.58 bits per heavy atom. The van der Waals surface area contributed by atoms with Crippen LogP contribution in [-0.2, 0) is 6.61 Å². The Balaban J connectivity index is 1.56. The molecule has 0 amide bonds. The number of fused-ring (bicyclic) bond motifs is 1. The highest BCUT2D eigenvalue weighted by atomic mass is 16.3. The molecule has 7 heteroatoms. The van der Waals surface area contributed by atoms with Crippen molar-refractivity contribution in [2.45, 2.75) is 44.9 Å². The zero-order valence-electron chi connectivity index (χ0n) is 18.5. The van der Waals surface area contributed by atoms with Gasteiger partial charge in [0.25, 0.3) is 0 Å². The Labute approximate surface area is 183 Å². The van der Waals surface area contributed by atoms with Crippen molar-refractivity contribution in [2.75, 3.05) is 38.1 Å². The molecule has 0 unspecified atom stereocenters. The third-order valence-electron chi connectivity index (χ3n) is 6.96. The number of piperazine rings is 1. The number of rotatable bonds is 4. The van der Waals surface area contributed by atoms with Crippen LogP contribution in [-0.4, -0.2) is 57.6 Å². The van der Waals surface area contributed by atoms with Gasteiger partial charge in [0, 0.05) is 32.4 Å². The molecule has 2 saturated heterocycles. The first-order valence-corrected chi connectivity index (χ1v) is 11.4. The van der Waals surface area contributed by atoms with Gasteiger partial charge in [-0.15, -0.1) is 0 Å². The number of anilines is 1. The molecule has 5 rings (SSSR count). The molecule has 7 nitrogen and oxygen atoms in total. The fraction of sp³-hybridized carbons (Fsp3) is 0.500. The van der Waals surface area contributed by atoms with Gasteiger partial charge in [-0.2, -0.15) is 0 Å². The second-order valence-electron chi connectivity index (χ2n) is 8.75. The zero-order valence-corrected chi connectivity index (χ0v) is 18.5. The number of likely N-dealkylation sites (tertiary alicyclic amines) is 1. The number of nitrogens with zero attached hydrogens (tertiary/aromatic N) is 5. The van der Waals surface area contributed by atoms with E-state index in [0.717, 1.165) is 74.0 Å². The fourth-order valence-electron chi connectivity index (χ4n) is 5.35. The molecule has 0 spiro atoms. The number of aliphatic hydroxyl groups excluding tert-OH is 1. The van der Waals surface area contributed by atoms with Crippen molar-refractivity contribution in [3.05, 3.63) is 59.2 Å². The lowest BCUT2D eigenvalue weighted by Gasteiger charge is -2.39. The summed E-state index contributed by atoms with van der Waals surface area (Å²) in [6.45, 7) is 6.00. The second-order valence-corrected chi connectivity index (χ2v) is 8.75. The van der Waals surface area contributed by atoms with E-state index < -0.39 is 0 Å². The van der Waals surface area contributed by atoms with Gasteiger partial charge in [-0.1, -0.05) is 12.1 Å². The molecule has 5 heterocycles. The summed E-state index contributed by atoms with van der Waals surface area (Å²) < 4.78 is 2.17. The number of aryl methyl sites for hydroxylation is 1. The van der Waals surface area contributed by atoms with Crippen molar-refractivity contribution in [3.63, 3.8) is 0 Å². The zero-order chi connectivity index (χ0) is 21.4. The van der Waals surface area contributed by atoms with Gasteiger partial charge in [0.05, 0.1) is 35.8 Å². The van der Waals surface area contributed by atoms with Gasteiger partial charge < -0.3 is 15.3 Å². The van der Waals surface area contributed by atoms with Crippen LogP contribution in [0, 0.1) is 6.92 Å². The first-order chi connectivity index (χ1) is 15.2. The van der Waals surface area contributed by atoms with Crippen LogP contribution in [0.3, 0.4) is 0 Å². The predicted octanol–water partition coefficient (Wildman–Crippen LogP) is 2.84. The molecule has 2 aliphatic rings. The molecule has 0 aromatic carbocycles. The number of aliphatic hydroxyl groups is 1. The molecular weight excluding hydrogens is 388 g/mol. The molecule has 2 fully saturated rings. The van der Waals surface area contributed by atoms with Gasteiger partial charge in [0.15, 0.2) is 0 Å². The molecule has 164 valence electrons. The van der Waals surface area contributed by atoms with Crippen LogP contribution in [0.4, 0.5) is 5.82 Å². The highest BCUT2D eigenvalue weighted by Crippen LogP contribution is 2.41. The molecule has 31 heavy (non-hydrogen) atoms. The maximum absolute atomic E-state index is 10.4. The Bertz CT molecular complexity index is 1060. The van der Waals surface area contributed by atoms with Crippen LogP contribution in [0.5, 0.6) is 0 Å². The third kappa shape index (κ3) is 3.60. The number of nitrogens with one attached hydrogen (secondary N) is 1. The van der Waals surface area contributed by atoms with E-state index >= 15 is 0 Å². The van der Waals surface area contributed by atoms with E-state index in [1.807, 2.05) is 12.3 Å². The highest BCUT2D eigenvalue weighted by molar-refractivity contribution is 5.55. The summed E-state index contributed by atoms with van der Waals surface area (Å²) >= 11 is 0. The van der Waals surface area contributed by atoms with Crippen molar-refractivity contribution in [1.82, 2.24) is 24.6 Å². The maximum atomic E-state index is 10.4. The number of aromatic nitrogens is 3. The number of pyridine rings is 2. The van der Waals surface area contributed by atoms with Crippen LogP contribution in [0.2, 0.25) is 0 Å². The van der Waals surface area contributed by atoms with Crippen molar-refractivity contribution in [2.24, 2.45) is 0 Å². The standard InChI is InChI=1S/C24H32N6O/c1-17-6-5-11-26-23(17)18-7-3-8-19(28(18)2)24-20(16-31)30-21(27-24)9-4-10-22(30)29-14-12-25-13-15-29/h4-6,9-11,18-19,25,31H,3,7-8,12-16H2,1-2H3/t18-,19+/m0/s1. The van der Waals surface area contributed by atoms with E-state index in [0.29, 0.717) is 0 Å². The van der Waals surface area contributed by atoms with Gasteiger partial charge >= 0.3 is 0 Å². The topological polar surface area (TPSA) is 68.9 Å². The molecule has 2 N–H and O–H groups in total. The first kappa shape index (κ1) is 20.4. The lowest BCUT2D eigenvalue weighted by molar-refractivity contribution is 0.107. The molecule has 0 bridgehead atoms. The second kappa shape index (κ2) is 8.57. The molecular formula is C24H32N6O. The molecule has 3 aromatic heterocycles. The number of hydrogen-bond acceptors (Lipinski definition) is 6. The normalized spacial score (nSPS) is 22.9. The lowest BCUT2D eigenvalue weighted by atomic mass is 9.90. The fourth-order valence-corrected chi connectivity index (χ4v) is 5.35. The van der Waals surface area contributed by atoms with Crippen molar-refractivity contribution in [1.29, 1.82) is 0 Å². The smallest absolute Gasteiger partial charge is 0.138 e. The molecule has 2 atom stereocenters. The van der Waals surface area contributed by atoms with E-state index in [2.05, 4.69) is 57.8 Å². The van der Waals surface area contributed by atoms with E-state index in [4.69, 9.17) is 9.97 Å². The van der Waals surface area contributed by atoms with Crippen molar-refractivity contribution < 1.29 is 5.11 Å². The van der Waals surface area contributed by atoms with Gasteiger partial charge in [0.1, 0.15) is 11.5 Å². The minimum atomic E-state index is -0.0166. The quantitative estimate of drug-likeness (QED) is 0.677. The summed E-state index contributed by atoms with van der Waals surface area (Å²) in [6, 6.07) is 10.9. The molecule has 0 aliphatic carbocycles. The van der Waals surface area contributed by atoms with Crippen LogP contribution >= 0.6 is 0 Å². The largest absolute Gasteiger partial charge is 0.390 e. The van der Waals surface area contributed by atoms with E-state index in [1.165, 1.54) is 5.56 Å². The number of piperidine rings is 1. The summed E-state index contributed by atoms with van der Waals surface area (Å²) in [5.74, 6) is 1.12. The van der Waals surface area contributed by atoms with Crippen LogP contribution < -0.4 is 10.2 Å². The number of hydrogen-bond donors (Lipinski definition) is 2. The van der Waals surface area contributed by atoms with E-state index in [9.17, 15) is 5.11 Å². The summed E-state index contributed by atoms with van der Waals surface area (Å²) in [6.07, 6.45) is 5.15. The highest BCUT2D eigenvalue weighted by Gasteiger charge is 2.34. The summed E-state index contributed by atoms with van der Waals surface area (Å²) in [5, 5.41) is 13.9. The van der Waals surface area contributed by atoms with Crippen molar-refractivity contribution >= 4 is 11.5 Å². The Morgan fingerprint density at radius 2 is 1.84 bits per heavy atom. The Hall–Kier alpha value is -2.48. The molecule has 0 saturated carbocycles. The molecule has 0 radical (unpaired) electrons. The first-order valence-electron chi connectivity index (χ1n) is 11.4. The SMILES string of the molecule is Cc1cccnc1[C@@H]1CCC[C@H](c2nc3cccc(N4CCNCC4)n3c2CO)N1C. The van der Waals surface area contributed by atoms with Gasteiger partial charge in [-0.3, -0.25) is 14.3 Å². The van der Waals surface area contributed by atoms with Gasteiger partial charge in [0.2, 0.25) is 0 Å².